The van der Waals surface area contributed by atoms with Gasteiger partial charge in [-0.05, 0) is 31.2 Å². The molecule has 27 heavy (non-hydrogen) atoms. The van der Waals surface area contributed by atoms with Gasteiger partial charge in [0.05, 0.1) is 29.6 Å². The summed E-state index contributed by atoms with van der Waals surface area (Å²) in [4.78, 5) is 33.0. The number of hydrogen-bond donors (Lipinski definition) is 2. The van der Waals surface area contributed by atoms with Gasteiger partial charge in [0.25, 0.3) is 0 Å². The number of carbonyl (C=O) groups excluding carboxylic acids is 2. The summed E-state index contributed by atoms with van der Waals surface area (Å²) >= 11 is 1.24. The number of hydrogen-bond acceptors (Lipinski definition) is 6. The van der Waals surface area contributed by atoms with E-state index >= 15 is 0 Å². The first-order valence-electron chi connectivity index (χ1n) is 8.16. The zero-order chi connectivity index (χ0) is 19.2. The quantitative estimate of drug-likeness (QED) is 0.657. The Morgan fingerprint density at radius 1 is 1.07 bits per heavy atom. The van der Waals surface area contributed by atoms with Crippen LogP contribution in [-0.2, 0) is 4.79 Å². The van der Waals surface area contributed by atoms with Crippen molar-refractivity contribution in [3.05, 3.63) is 54.2 Å². The van der Waals surface area contributed by atoms with Crippen LogP contribution in [0.2, 0.25) is 0 Å². The molecular formula is C19H18N4O3S. The highest BCUT2D eigenvalue weighted by atomic mass is 32.2. The first-order chi connectivity index (χ1) is 13.0. The van der Waals surface area contributed by atoms with E-state index in [4.69, 9.17) is 4.74 Å². The Morgan fingerprint density at radius 2 is 1.81 bits per heavy atom. The van der Waals surface area contributed by atoms with Crippen molar-refractivity contribution in [1.29, 1.82) is 0 Å². The number of nitrogens with one attached hydrogen (secondary N) is 2. The molecule has 138 valence electrons. The molecule has 3 amide bonds. The lowest BCUT2D eigenvalue weighted by atomic mass is 10.3. The van der Waals surface area contributed by atoms with Gasteiger partial charge in [0.2, 0.25) is 5.91 Å². The maximum absolute atomic E-state index is 12.0. The number of anilines is 1. The molecule has 2 aromatic carbocycles. The van der Waals surface area contributed by atoms with Crippen molar-refractivity contribution in [2.75, 3.05) is 18.2 Å². The summed E-state index contributed by atoms with van der Waals surface area (Å²) in [5.74, 6) is 0.245. The number of para-hydroxylation sites is 2. The number of nitrogens with zero attached hydrogens (tertiary/aromatic N) is 2. The fraction of sp³-hybridized carbons (Fsp3) is 0.158. The van der Waals surface area contributed by atoms with Gasteiger partial charge in [-0.2, -0.15) is 0 Å². The average molecular weight is 382 g/mol. The minimum absolute atomic E-state index is 0.0550. The van der Waals surface area contributed by atoms with Crippen LogP contribution in [0.4, 0.5) is 10.5 Å². The number of methoxy groups -OCH3 is 1. The van der Waals surface area contributed by atoms with E-state index in [0.717, 1.165) is 16.7 Å². The lowest BCUT2D eigenvalue weighted by molar-refractivity contribution is -0.117. The average Bonchev–Trinajstić information content (AvgIpc) is 2.66. The van der Waals surface area contributed by atoms with Gasteiger partial charge in [0.1, 0.15) is 10.8 Å². The molecule has 0 aliphatic carbocycles. The fourth-order valence-electron chi connectivity index (χ4n) is 2.37. The van der Waals surface area contributed by atoms with Gasteiger partial charge in [-0.15, -0.1) is 0 Å². The molecule has 3 rings (SSSR count). The number of carbonyl (C=O) groups is 2. The van der Waals surface area contributed by atoms with Crippen molar-refractivity contribution in [2.24, 2.45) is 0 Å². The highest BCUT2D eigenvalue weighted by molar-refractivity contribution is 7.99. The zero-order valence-corrected chi connectivity index (χ0v) is 15.7. The minimum Gasteiger partial charge on any atom is -0.497 e. The second kappa shape index (κ2) is 8.50. The van der Waals surface area contributed by atoms with Crippen LogP contribution in [0.5, 0.6) is 5.75 Å². The maximum Gasteiger partial charge on any atom is 0.325 e. The normalized spacial score (nSPS) is 10.4. The van der Waals surface area contributed by atoms with Crippen molar-refractivity contribution < 1.29 is 14.3 Å². The van der Waals surface area contributed by atoms with Crippen molar-refractivity contribution in [2.45, 2.75) is 11.9 Å². The number of thioether (sulfide) groups is 1. The molecule has 0 atom stereocenters. The van der Waals surface area contributed by atoms with Gasteiger partial charge < -0.3 is 10.1 Å². The number of aryl methyl sites for hydroxylation is 1. The Morgan fingerprint density at radius 3 is 2.56 bits per heavy atom. The monoisotopic (exact) mass is 382 g/mol. The molecule has 0 spiro atoms. The number of rotatable bonds is 5. The van der Waals surface area contributed by atoms with E-state index in [0.29, 0.717) is 16.5 Å². The SMILES string of the molecule is COc1cccc(NC(=O)NC(=O)CSc2nc3ccccc3nc2C)c1. The molecule has 0 fully saturated rings. The number of aromatic nitrogens is 2. The number of fused-ring (bicyclic) bond motifs is 1. The van der Waals surface area contributed by atoms with Crippen LogP contribution in [0.15, 0.2) is 53.6 Å². The second-order valence-electron chi connectivity index (χ2n) is 5.63. The Bertz CT molecular complexity index is 994. The molecule has 0 aliphatic heterocycles. The molecule has 1 aromatic heterocycles. The highest BCUT2D eigenvalue weighted by Crippen LogP contribution is 2.21. The van der Waals surface area contributed by atoms with Crippen molar-refractivity contribution >= 4 is 40.4 Å². The zero-order valence-electron chi connectivity index (χ0n) is 14.9. The Balaban J connectivity index is 1.56. The van der Waals surface area contributed by atoms with Crippen LogP contribution in [0, 0.1) is 6.92 Å². The Hall–Kier alpha value is -3.13. The summed E-state index contributed by atoms with van der Waals surface area (Å²) in [5, 5.41) is 5.55. The number of amides is 3. The summed E-state index contributed by atoms with van der Waals surface area (Å²) in [6.07, 6.45) is 0. The van der Waals surface area contributed by atoms with E-state index < -0.39 is 11.9 Å². The topological polar surface area (TPSA) is 93.2 Å². The molecule has 3 aromatic rings. The Kier molecular flexibility index (Phi) is 5.87. The molecule has 0 bridgehead atoms. The predicted molar refractivity (Wildman–Crippen MR) is 105 cm³/mol. The van der Waals surface area contributed by atoms with Gasteiger partial charge in [-0.3, -0.25) is 10.1 Å². The van der Waals surface area contributed by atoms with Gasteiger partial charge in [0, 0.05) is 11.8 Å². The molecular weight excluding hydrogens is 364 g/mol. The van der Waals surface area contributed by atoms with Crippen molar-refractivity contribution in [1.82, 2.24) is 15.3 Å². The van der Waals surface area contributed by atoms with E-state index in [1.165, 1.54) is 18.9 Å². The number of ether oxygens (including phenoxy) is 1. The molecule has 2 N–H and O–H groups in total. The molecule has 0 radical (unpaired) electrons. The molecule has 1 heterocycles. The second-order valence-corrected chi connectivity index (χ2v) is 6.59. The summed E-state index contributed by atoms with van der Waals surface area (Å²) < 4.78 is 5.09. The number of benzene rings is 2. The molecule has 0 aliphatic rings. The van der Waals surface area contributed by atoms with E-state index in [1.807, 2.05) is 31.2 Å². The van der Waals surface area contributed by atoms with Crippen LogP contribution in [-0.4, -0.2) is 34.8 Å². The maximum atomic E-state index is 12.0. The Labute approximate surface area is 160 Å². The van der Waals surface area contributed by atoms with E-state index in [1.54, 1.807) is 24.3 Å². The first-order valence-corrected chi connectivity index (χ1v) is 9.15. The standard InChI is InChI=1S/C19H18N4O3S/c1-12-18(22-16-9-4-3-8-15(16)20-12)27-11-17(24)23-19(25)21-13-6-5-7-14(10-13)26-2/h3-10H,11H2,1-2H3,(H2,21,23,24,25). The first kappa shape index (κ1) is 18.7. The number of imide groups is 1. The highest BCUT2D eigenvalue weighted by Gasteiger charge is 2.12. The molecule has 0 saturated carbocycles. The van der Waals surface area contributed by atoms with Crippen molar-refractivity contribution in [3.8, 4) is 5.75 Å². The minimum atomic E-state index is -0.602. The summed E-state index contributed by atoms with van der Waals surface area (Å²) in [6.45, 7) is 1.84. The van der Waals surface area contributed by atoms with Crippen LogP contribution < -0.4 is 15.4 Å². The van der Waals surface area contributed by atoms with E-state index in [-0.39, 0.29) is 5.75 Å². The van der Waals surface area contributed by atoms with Gasteiger partial charge in [-0.25, -0.2) is 14.8 Å². The van der Waals surface area contributed by atoms with Crippen molar-refractivity contribution in [3.63, 3.8) is 0 Å². The lowest BCUT2D eigenvalue weighted by Crippen LogP contribution is -2.35. The van der Waals surface area contributed by atoms with Gasteiger partial charge >= 0.3 is 6.03 Å². The third-order valence-corrected chi connectivity index (χ3v) is 4.69. The van der Waals surface area contributed by atoms with Crippen LogP contribution >= 0.6 is 11.8 Å². The summed E-state index contributed by atoms with van der Waals surface area (Å²) in [7, 11) is 1.54. The predicted octanol–water partition coefficient (Wildman–Crippen LogP) is 3.39. The van der Waals surface area contributed by atoms with Crippen LogP contribution in [0.1, 0.15) is 5.69 Å². The molecule has 0 unspecified atom stereocenters. The molecule has 8 heteroatoms. The fourth-order valence-corrected chi connectivity index (χ4v) is 3.13. The van der Waals surface area contributed by atoms with E-state index in [2.05, 4.69) is 20.6 Å². The summed E-state index contributed by atoms with van der Waals surface area (Å²) in [6, 6.07) is 13.8. The molecule has 7 nitrogen and oxygen atoms in total. The summed E-state index contributed by atoms with van der Waals surface area (Å²) in [5.41, 5.74) is 2.85. The third-order valence-electron chi connectivity index (χ3n) is 3.62. The van der Waals surface area contributed by atoms with Crippen LogP contribution in [0.3, 0.4) is 0 Å². The van der Waals surface area contributed by atoms with Gasteiger partial charge in [0.15, 0.2) is 0 Å². The van der Waals surface area contributed by atoms with Crippen LogP contribution in [0.25, 0.3) is 11.0 Å². The van der Waals surface area contributed by atoms with E-state index in [9.17, 15) is 9.59 Å². The molecule has 0 saturated heterocycles. The smallest absolute Gasteiger partial charge is 0.325 e. The largest absolute Gasteiger partial charge is 0.497 e. The lowest BCUT2D eigenvalue weighted by Gasteiger charge is -2.08. The third kappa shape index (κ3) is 4.95. The number of urea groups is 1. The van der Waals surface area contributed by atoms with Gasteiger partial charge in [-0.1, -0.05) is 30.0 Å².